The Hall–Kier alpha value is -2.94. The van der Waals surface area contributed by atoms with Crippen LogP contribution in [-0.2, 0) is 0 Å². The van der Waals surface area contributed by atoms with Crippen molar-refractivity contribution in [1.82, 2.24) is 24.5 Å². The summed E-state index contributed by atoms with van der Waals surface area (Å²) in [5, 5.41) is 12.6. The van der Waals surface area contributed by atoms with Gasteiger partial charge in [-0.1, -0.05) is 0 Å². The monoisotopic (exact) mass is 342 g/mol. The second kappa shape index (κ2) is 6.17. The first-order valence-electron chi connectivity index (χ1n) is 8.22. The predicted molar refractivity (Wildman–Crippen MR) is 92.0 cm³/mol. The predicted octanol–water partition coefficient (Wildman–Crippen LogP) is 1.03. The van der Waals surface area contributed by atoms with Crippen molar-refractivity contribution in [3.05, 3.63) is 45.4 Å². The van der Waals surface area contributed by atoms with Crippen LogP contribution in [0.2, 0.25) is 0 Å². The summed E-state index contributed by atoms with van der Waals surface area (Å²) in [5.41, 5.74) is 0.853. The van der Waals surface area contributed by atoms with Crippen LogP contribution in [0.5, 0.6) is 0 Å². The zero-order chi connectivity index (χ0) is 17.4. The van der Waals surface area contributed by atoms with Crippen LogP contribution >= 0.6 is 0 Å². The molecular formula is C16H18N6O3. The Bertz CT molecular complexity index is 1010. The van der Waals surface area contributed by atoms with Crippen molar-refractivity contribution in [3.63, 3.8) is 0 Å². The van der Waals surface area contributed by atoms with Crippen LogP contribution in [0.1, 0.15) is 31.7 Å². The van der Waals surface area contributed by atoms with Gasteiger partial charge in [0, 0.05) is 12.2 Å². The Balaban J connectivity index is 1.72. The molecule has 0 atom stereocenters. The summed E-state index contributed by atoms with van der Waals surface area (Å²) in [4.78, 5) is 38.0. The maximum atomic E-state index is 12.3. The largest absolute Gasteiger partial charge is 0.393 e. The molecule has 9 heteroatoms. The molecule has 25 heavy (non-hydrogen) atoms. The summed E-state index contributed by atoms with van der Waals surface area (Å²) in [6.45, 7) is 0. The van der Waals surface area contributed by atoms with E-state index >= 15 is 0 Å². The van der Waals surface area contributed by atoms with E-state index in [2.05, 4.69) is 25.3 Å². The van der Waals surface area contributed by atoms with Crippen molar-refractivity contribution >= 4 is 22.8 Å². The lowest BCUT2D eigenvalue weighted by molar-refractivity contribution is 0.111. The van der Waals surface area contributed by atoms with Crippen molar-refractivity contribution in [1.29, 1.82) is 0 Å². The Morgan fingerprint density at radius 3 is 2.80 bits per heavy atom. The second-order valence-electron chi connectivity index (χ2n) is 6.23. The van der Waals surface area contributed by atoms with E-state index in [-0.39, 0.29) is 29.3 Å². The average molecular weight is 342 g/mol. The van der Waals surface area contributed by atoms with E-state index in [1.807, 2.05) is 0 Å². The van der Waals surface area contributed by atoms with Crippen molar-refractivity contribution in [2.45, 2.75) is 37.8 Å². The van der Waals surface area contributed by atoms with Crippen LogP contribution in [0, 0.1) is 0 Å². The number of aliphatic hydroxyl groups excluding tert-OH is 1. The van der Waals surface area contributed by atoms with Gasteiger partial charge in [-0.25, -0.2) is 9.78 Å². The molecule has 4 rings (SSSR count). The number of fused-ring (bicyclic) bond motifs is 1. The first kappa shape index (κ1) is 15.6. The second-order valence-corrected chi connectivity index (χ2v) is 6.23. The van der Waals surface area contributed by atoms with Crippen LogP contribution in [0.3, 0.4) is 0 Å². The third kappa shape index (κ3) is 2.93. The first-order chi connectivity index (χ1) is 12.1. The molecular weight excluding hydrogens is 324 g/mol. The standard InChI is InChI=1S/C16H18N6O3/c23-10-5-3-9(4-6-10)22-13-12(20-16(22)25)8-18-15(21-13)19-11-2-1-7-17-14(11)24/h1-2,7-10,23H,3-6H2,(H,17,24)(H,20,25)(H,18,19,21). The Morgan fingerprint density at radius 1 is 1.24 bits per heavy atom. The topological polar surface area (TPSA) is 129 Å². The number of rotatable bonds is 3. The molecule has 0 saturated heterocycles. The number of aliphatic hydroxyl groups is 1. The van der Waals surface area contributed by atoms with E-state index in [0.717, 1.165) is 12.8 Å². The lowest BCUT2D eigenvalue weighted by Crippen LogP contribution is -2.27. The fraction of sp³-hybridized carbons (Fsp3) is 0.375. The number of hydrogen-bond acceptors (Lipinski definition) is 6. The molecule has 0 bridgehead atoms. The molecule has 9 nitrogen and oxygen atoms in total. The quantitative estimate of drug-likeness (QED) is 0.563. The molecule has 0 spiro atoms. The zero-order valence-corrected chi connectivity index (χ0v) is 13.4. The molecule has 3 aromatic rings. The number of aromatic nitrogens is 5. The van der Waals surface area contributed by atoms with Gasteiger partial charge in [-0.05, 0) is 37.8 Å². The van der Waals surface area contributed by atoms with Gasteiger partial charge >= 0.3 is 5.69 Å². The highest BCUT2D eigenvalue weighted by molar-refractivity contribution is 5.71. The number of pyridine rings is 1. The number of H-pyrrole nitrogens is 2. The number of nitrogens with one attached hydrogen (secondary N) is 3. The number of imidazole rings is 1. The van der Waals surface area contributed by atoms with Gasteiger partial charge in [-0.3, -0.25) is 9.36 Å². The Kier molecular flexibility index (Phi) is 3.85. The van der Waals surface area contributed by atoms with Gasteiger partial charge in [0.05, 0.1) is 12.3 Å². The minimum absolute atomic E-state index is 0.00692. The lowest BCUT2D eigenvalue weighted by Gasteiger charge is -2.25. The summed E-state index contributed by atoms with van der Waals surface area (Å²) in [7, 11) is 0. The number of hydrogen-bond donors (Lipinski definition) is 4. The van der Waals surface area contributed by atoms with Crippen molar-refractivity contribution in [3.8, 4) is 0 Å². The summed E-state index contributed by atoms with van der Waals surface area (Å²) in [6, 6.07) is 3.31. The van der Waals surface area contributed by atoms with E-state index in [1.165, 1.54) is 6.20 Å². The molecule has 0 aromatic carbocycles. The van der Waals surface area contributed by atoms with Gasteiger partial charge in [0.15, 0.2) is 5.65 Å². The highest BCUT2D eigenvalue weighted by atomic mass is 16.3. The molecule has 0 radical (unpaired) electrons. The Morgan fingerprint density at radius 2 is 2.04 bits per heavy atom. The molecule has 1 saturated carbocycles. The van der Waals surface area contributed by atoms with Gasteiger partial charge in [0.1, 0.15) is 11.2 Å². The van der Waals surface area contributed by atoms with Crippen molar-refractivity contribution in [2.24, 2.45) is 0 Å². The number of nitrogens with zero attached hydrogens (tertiary/aromatic N) is 3. The van der Waals surface area contributed by atoms with Crippen molar-refractivity contribution in [2.75, 3.05) is 5.32 Å². The first-order valence-corrected chi connectivity index (χ1v) is 8.22. The SMILES string of the molecule is O=c1[nH]cccc1Nc1ncc2[nH]c(=O)n(C3CCC(O)CC3)c2n1. The maximum absolute atomic E-state index is 12.3. The minimum atomic E-state index is -0.297. The summed E-state index contributed by atoms with van der Waals surface area (Å²) >= 11 is 0. The molecule has 3 heterocycles. The fourth-order valence-corrected chi connectivity index (χ4v) is 3.27. The molecule has 0 aliphatic heterocycles. The lowest BCUT2D eigenvalue weighted by atomic mass is 9.93. The van der Waals surface area contributed by atoms with Crippen LogP contribution in [0.4, 0.5) is 11.6 Å². The molecule has 1 fully saturated rings. The summed E-state index contributed by atoms with van der Waals surface area (Å²) in [6.07, 6.45) is 5.54. The normalized spacial score (nSPS) is 20.7. The van der Waals surface area contributed by atoms with Gasteiger partial charge in [0.25, 0.3) is 5.56 Å². The molecule has 3 aromatic heterocycles. The summed E-state index contributed by atoms with van der Waals surface area (Å²) in [5.74, 6) is 0.243. The molecule has 0 unspecified atom stereocenters. The minimum Gasteiger partial charge on any atom is -0.393 e. The third-order valence-corrected chi connectivity index (χ3v) is 4.55. The zero-order valence-electron chi connectivity index (χ0n) is 13.4. The molecule has 1 aliphatic rings. The molecule has 0 amide bonds. The molecule has 130 valence electrons. The van der Waals surface area contributed by atoms with E-state index in [9.17, 15) is 14.7 Å². The van der Waals surface area contributed by atoms with Gasteiger partial charge in [-0.2, -0.15) is 4.98 Å². The van der Waals surface area contributed by atoms with Crippen molar-refractivity contribution < 1.29 is 5.11 Å². The van der Waals surface area contributed by atoms with Gasteiger partial charge in [0.2, 0.25) is 5.95 Å². The fourth-order valence-electron chi connectivity index (χ4n) is 3.27. The smallest absolute Gasteiger partial charge is 0.327 e. The Labute approximate surface area is 141 Å². The van der Waals surface area contributed by atoms with Crippen LogP contribution < -0.4 is 16.6 Å². The third-order valence-electron chi connectivity index (χ3n) is 4.55. The maximum Gasteiger partial charge on any atom is 0.327 e. The van der Waals surface area contributed by atoms with E-state index in [4.69, 9.17) is 0 Å². The molecule has 4 N–H and O–H groups in total. The highest BCUT2D eigenvalue weighted by Crippen LogP contribution is 2.29. The average Bonchev–Trinajstić information content (AvgIpc) is 2.93. The van der Waals surface area contributed by atoms with Gasteiger partial charge in [-0.15, -0.1) is 0 Å². The summed E-state index contributed by atoms with van der Waals surface area (Å²) < 4.78 is 1.63. The molecule has 1 aliphatic carbocycles. The van der Waals surface area contributed by atoms with Gasteiger partial charge < -0.3 is 20.4 Å². The number of anilines is 2. The van der Waals surface area contributed by atoms with Crippen LogP contribution in [-0.4, -0.2) is 35.7 Å². The van der Waals surface area contributed by atoms with E-state index in [0.29, 0.717) is 29.7 Å². The number of aromatic amines is 2. The highest BCUT2D eigenvalue weighted by Gasteiger charge is 2.24. The van der Waals surface area contributed by atoms with Crippen LogP contribution in [0.25, 0.3) is 11.2 Å². The van der Waals surface area contributed by atoms with Crippen LogP contribution in [0.15, 0.2) is 34.1 Å². The van der Waals surface area contributed by atoms with E-state index < -0.39 is 0 Å². The van der Waals surface area contributed by atoms with E-state index in [1.54, 1.807) is 22.9 Å².